The molecule has 0 saturated carbocycles. The van der Waals surface area contributed by atoms with Gasteiger partial charge in [-0.25, -0.2) is 0 Å². The lowest BCUT2D eigenvalue weighted by Gasteiger charge is -2.23. The summed E-state index contributed by atoms with van der Waals surface area (Å²) in [7, 11) is 0. The van der Waals surface area contributed by atoms with Gasteiger partial charge in [-0.2, -0.15) is 0 Å². The Balaban J connectivity index is 1.71. The first kappa shape index (κ1) is 28.9. The minimum atomic E-state index is -0.781. The summed E-state index contributed by atoms with van der Waals surface area (Å²) >= 11 is 0. The standard InChI is InChI=1S/C30H36N6O3/c31-26(37)18-17-21-13-15-22(16-14-21)20-35-28(38)25(12-7-19-34-30(32)33)36-29(39)27(23-8-3-1-4-9-23)24-10-5-2-6-11-24/h1-6,8-11,13-16,25,27H,7,12,17-20H2,(H2,31,37)(H,35,38)(H,36,39)(H4,32,33,34)/t25-/m1/s1. The Morgan fingerprint density at radius 2 is 1.31 bits per heavy atom. The van der Waals surface area contributed by atoms with Crippen molar-refractivity contribution in [1.29, 1.82) is 5.41 Å². The first-order valence-electron chi connectivity index (χ1n) is 13.0. The normalized spacial score (nSPS) is 11.4. The molecule has 0 aliphatic carbocycles. The lowest BCUT2D eigenvalue weighted by Crippen LogP contribution is -2.48. The van der Waals surface area contributed by atoms with Crippen molar-refractivity contribution in [2.45, 2.75) is 44.2 Å². The molecule has 9 nitrogen and oxygen atoms in total. The molecule has 1 atom stereocenters. The van der Waals surface area contributed by atoms with Crippen LogP contribution in [0.15, 0.2) is 84.9 Å². The van der Waals surface area contributed by atoms with Gasteiger partial charge in [-0.3, -0.25) is 19.8 Å². The number of nitrogens with two attached hydrogens (primary N) is 2. The summed E-state index contributed by atoms with van der Waals surface area (Å²) in [5, 5.41) is 16.0. The van der Waals surface area contributed by atoms with E-state index in [9.17, 15) is 14.4 Å². The van der Waals surface area contributed by atoms with Crippen molar-refractivity contribution in [2.75, 3.05) is 6.54 Å². The van der Waals surface area contributed by atoms with E-state index in [-0.39, 0.29) is 36.6 Å². The van der Waals surface area contributed by atoms with Crippen LogP contribution in [0.25, 0.3) is 0 Å². The number of hydrogen-bond acceptors (Lipinski definition) is 4. The van der Waals surface area contributed by atoms with Gasteiger partial charge in [-0.1, -0.05) is 84.9 Å². The molecule has 8 N–H and O–H groups in total. The van der Waals surface area contributed by atoms with Crippen LogP contribution in [0, 0.1) is 5.41 Å². The van der Waals surface area contributed by atoms with E-state index in [1.807, 2.05) is 84.9 Å². The Morgan fingerprint density at radius 1 is 0.744 bits per heavy atom. The summed E-state index contributed by atoms with van der Waals surface area (Å²) in [6.45, 7) is 0.691. The van der Waals surface area contributed by atoms with E-state index in [1.165, 1.54) is 0 Å². The largest absolute Gasteiger partial charge is 0.370 e. The quantitative estimate of drug-likeness (QED) is 0.107. The number of benzene rings is 3. The molecule has 0 radical (unpaired) electrons. The van der Waals surface area contributed by atoms with Crippen LogP contribution in [0.5, 0.6) is 0 Å². The summed E-state index contributed by atoms with van der Waals surface area (Å²) in [5.74, 6) is -1.65. The van der Waals surface area contributed by atoms with Crippen LogP contribution in [-0.2, 0) is 27.3 Å². The second kappa shape index (κ2) is 14.9. The maximum absolute atomic E-state index is 13.6. The molecule has 0 aliphatic heterocycles. The predicted octanol–water partition coefficient (Wildman–Crippen LogP) is 2.30. The number of amides is 3. The van der Waals surface area contributed by atoms with Gasteiger partial charge < -0.3 is 27.4 Å². The lowest BCUT2D eigenvalue weighted by molar-refractivity contribution is -0.129. The first-order valence-corrected chi connectivity index (χ1v) is 13.0. The molecule has 0 saturated heterocycles. The number of carbonyl (C=O) groups excluding carboxylic acids is 3. The van der Waals surface area contributed by atoms with E-state index in [4.69, 9.17) is 16.9 Å². The molecule has 0 aliphatic rings. The summed E-state index contributed by atoms with van der Waals surface area (Å²) in [4.78, 5) is 37.9. The van der Waals surface area contributed by atoms with E-state index in [0.717, 1.165) is 22.3 Å². The molecule has 0 bridgehead atoms. The number of rotatable bonds is 14. The van der Waals surface area contributed by atoms with Gasteiger partial charge in [-0.15, -0.1) is 0 Å². The van der Waals surface area contributed by atoms with E-state index in [2.05, 4.69) is 16.0 Å². The van der Waals surface area contributed by atoms with Crippen molar-refractivity contribution in [1.82, 2.24) is 16.0 Å². The zero-order valence-electron chi connectivity index (χ0n) is 21.9. The number of aryl methyl sites for hydroxylation is 1. The molecule has 39 heavy (non-hydrogen) atoms. The third-order valence-corrected chi connectivity index (χ3v) is 6.30. The number of carbonyl (C=O) groups is 3. The molecule has 0 heterocycles. The summed E-state index contributed by atoms with van der Waals surface area (Å²) in [6, 6.07) is 25.7. The molecule has 204 valence electrons. The van der Waals surface area contributed by atoms with Crippen LogP contribution in [0.1, 0.15) is 47.4 Å². The average Bonchev–Trinajstić information content (AvgIpc) is 2.94. The van der Waals surface area contributed by atoms with Gasteiger partial charge in [-0.05, 0) is 41.5 Å². The Kier molecular flexibility index (Phi) is 11.1. The van der Waals surface area contributed by atoms with E-state index in [1.54, 1.807) is 0 Å². The summed E-state index contributed by atoms with van der Waals surface area (Å²) in [6.07, 6.45) is 1.73. The van der Waals surface area contributed by atoms with Crippen molar-refractivity contribution in [3.05, 3.63) is 107 Å². The molecule has 3 aromatic rings. The van der Waals surface area contributed by atoms with Gasteiger partial charge in [0.1, 0.15) is 6.04 Å². The van der Waals surface area contributed by atoms with Crippen molar-refractivity contribution < 1.29 is 14.4 Å². The van der Waals surface area contributed by atoms with Gasteiger partial charge in [0.25, 0.3) is 0 Å². The zero-order valence-corrected chi connectivity index (χ0v) is 21.9. The van der Waals surface area contributed by atoms with Crippen LogP contribution in [0.4, 0.5) is 0 Å². The Hall–Kier alpha value is -4.66. The van der Waals surface area contributed by atoms with Crippen LogP contribution >= 0.6 is 0 Å². The molecule has 3 amide bonds. The summed E-state index contributed by atoms with van der Waals surface area (Å²) < 4.78 is 0. The highest BCUT2D eigenvalue weighted by molar-refractivity contribution is 5.92. The fourth-order valence-corrected chi connectivity index (χ4v) is 4.24. The van der Waals surface area contributed by atoms with E-state index in [0.29, 0.717) is 25.8 Å². The monoisotopic (exact) mass is 528 g/mol. The predicted molar refractivity (Wildman–Crippen MR) is 152 cm³/mol. The van der Waals surface area contributed by atoms with Crippen LogP contribution in [0.2, 0.25) is 0 Å². The zero-order chi connectivity index (χ0) is 28.0. The fourth-order valence-electron chi connectivity index (χ4n) is 4.24. The molecule has 0 unspecified atom stereocenters. The molecule has 0 spiro atoms. The fraction of sp³-hybridized carbons (Fsp3) is 0.267. The number of primary amides is 1. The van der Waals surface area contributed by atoms with Crippen molar-refractivity contribution in [2.24, 2.45) is 11.5 Å². The molecule has 3 aromatic carbocycles. The molecule has 0 fully saturated rings. The van der Waals surface area contributed by atoms with Crippen LogP contribution in [-0.4, -0.2) is 36.3 Å². The van der Waals surface area contributed by atoms with Gasteiger partial charge in [0, 0.05) is 19.5 Å². The number of hydrogen-bond donors (Lipinski definition) is 6. The molecule has 9 heteroatoms. The Labute approximate surface area is 228 Å². The molecular weight excluding hydrogens is 492 g/mol. The number of nitrogens with one attached hydrogen (secondary N) is 4. The second-order valence-electron chi connectivity index (χ2n) is 9.30. The van der Waals surface area contributed by atoms with Crippen molar-refractivity contribution in [3.63, 3.8) is 0 Å². The van der Waals surface area contributed by atoms with E-state index >= 15 is 0 Å². The van der Waals surface area contributed by atoms with Gasteiger partial charge in [0.15, 0.2) is 5.96 Å². The van der Waals surface area contributed by atoms with Crippen LogP contribution in [0.3, 0.4) is 0 Å². The minimum Gasteiger partial charge on any atom is -0.370 e. The SMILES string of the molecule is N=C(N)NCCC[C@@H](NC(=O)C(c1ccccc1)c1ccccc1)C(=O)NCc1ccc(CCC(N)=O)cc1. The highest BCUT2D eigenvalue weighted by atomic mass is 16.2. The highest BCUT2D eigenvalue weighted by Gasteiger charge is 2.27. The Morgan fingerprint density at radius 3 is 1.85 bits per heavy atom. The molecule has 3 rings (SSSR count). The Bertz CT molecular complexity index is 1190. The van der Waals surface area contributed by atoms with Gasteiger partial charge in [0.05, 0.1) is 5.92 Å². The topological polar surface area (TPSA) is 163 Å². The highest BCUT2D eigenvalue weighted by Crippen LogP contribution is 2.25. The van der Waals surface area contributed by atoms with Crippen molar-refractivity contribution >= 4 is 23.7 Å². The van der Waals surface area contributed by atoms with Gasteiger partial charge >= 0.3 is 0 Å². The lowest BCUT2D eigenvalue weighted by atomic mass is 9.90. The van der Waals surface area contributed by atoms with Crippen molar-refractivity contribution in [3.8, 4) is 0 Å². The number of guanidine groups is 1. The summed E-state index contributed by atoms with van der Waals surface area (Å²) in [5.41, 5.74) is 14.1. The third kappa shape index (κ3) is 9.62. The third-order valence-electron chi connectivity index (χ3n) is 6.30. The van der Waals surface area contributed by atoms with Gasteiger partial charge in [0.2, 0.25) is 17.7 Å². The average molecular weight is 529 g/mol. The first-order chi connectivity index (χ1) is 18.8. The van der Waals surface area contributed by atoms with Crippen LogP contribution < -0.4 is 27.4 Å². The minimum absolute atomic E-state index is 0.146. The second-order valence-corrected chi connectivity index (χ2v) is 9.30. The maximum Gasteiger partial charge on any atom is 0.242 e. The van der Waals surface area contributed by atoms with E-state index < -0.39 is 12.0 Å². The maximum atomic E-state index is 13.6. The molecular formula is C30H36N6O3. The molecule has 0 aromatic heterocycles. The smallest absolute Gasteiger partial charge is 0.242 e.